The van der Waals surface area contributed by atoms with E-state index < -0.39 is 0 Å². The molecule has 1 aliphatic heterocycles. The Labute approximate surface area is 140 Å². The third-order valence-corrected chi connectivity index (χ3v) is 4.46. The first-order valence-corrected chi connectivity index (χ1v) is 8.93. The first-order valence-electron chi connectivity index (χ1n) is 8.05. The summed E-state index contributed by atoms with van der Waals surface area (Å²) in [6.07, 6.45) is 10.4. The van der Waals surface area contributed by atoms with Gasteiger partial charge in [0.25, 0.3) is 0 Å². The maximum Gasteiger partial charge on any atom is 0.157 e. The van der Waals surface area contributed by atoms with Gasteiger partial charge in [-0.05, 0) is 56.9 Å². The van der Waals surface area contributed by atoms with Crippen molar-refractivity contribution < 1.29 is 4.74 Å². The van der Waals surface area contributed by atoms with E-state index in [0.29, 0.717) is 10.7 Å². The Hall–Kier alpha value is -0.930. The molecule has 0 fully saturated rings. The van der Waals surface area contributed by atoms with Crippen LogP contribution in [0.4, 0.5) is 0 Å². The van der Waals surface area contributed by atoms with Crippen LogP contribution in [-0.4, -0.2) is 18.3 Å². The summed E-state index contributed by atoms with van der Waals surface area (Å²) in [4.78, 5) is 0. The van der Waals surface area contributed by atoms with Crippen LogP contribution in [0.5, 0.6) is 0 Å². The lowest BCUT2D eigenvalue weighted by atomic mass is 9.92. The Balaban J connectivity index is 2.29. The molecule has 124 valence electrons. The zero-order chi connectivity index (χ0) is 16.6. The van der Waals surface area contributed by atoms with Gasteiger partial charge in [-0.25, -0.2) is 0 Å². The lowest BCUT2D eigenvalue weighted by Crippen LogP contribution is -2.26. The minimum absolute atomic E-state index is 0.402. The van der Waals surface area contributed by atoms with E-state index in [1.54, 1.807) is 0 Å². The van der Waals surface area contributed by atoms with Gasteiger partial charge >= 0.3 is 0 Å². The predicted octanol–water partition coefficient (Wildman–Crippen LogP) is 5.41. The molecule has 2 nitrogen and oxygen atoms in total. The van der Waals surface area contributed by atoms with Crippen molar-refractivity contribution in [1.29, 1.82) is 0 Å². The number of ether oxygens (including phenoxy) is 1. The van der Waals surface area contributed by atoms with Crippen molar-refractivity contribution in [3.63, 3.8) is 0 Å². The zero-order valence-corrected chi connectivity index (χ0v) is 15.6. The topological polar surface area (TPSA) is 21.3 Å². The summed E-state index contributed by atoms with van der Waals surface area (Å²) in [6, 6.07) is 0. The van der Waals surface area contributed by atoms with Crippen LogP contribution in [-0.2, 0) is 4.74 Å². The molecule has 0 aliphatic carbocycles. The Morgan fingerprint density at radius 1 is 1.45 bits per heavy atom. The van der Waals surface area contributed by atoms with Crippen molar-refractivity contribution in [2.24, 2.45) is 5.41 Å². The van der Waals surface area contributed by atoms with Gasteiger partial charge in [0, 0.05) is 11.8 Å². The molecule has 0 aromatic rings. The summed E-state index contributed by atoms with van der Waals surface area (Å²) in [6.45, 7) is 16.8. The molecular formula is C19H31NOS. The van der Waals surface area contributed by atoms with E-state index in [2.05, 4.69) is 38.7 Å². The maximum absolute atomic E-state index is 5.93. The van der Waals surface area contributed by atoms with Crippen LogP contribution < -0.4 is 5.32 Å². The number of nitrogens with one attached hydrogen (secondary N) is 1. The Morgan fingerprint density at radius 3 is 2.77 bits per heavy atom. The van der Waals surface area contributed by atoms with Gasteiger partial charge in [-0.15, -0.1) is 0 Å². The maximum atomic E-state index is 5.93. The van der Waals surface area contributed by atoms with Gasteiger partial charge < -0.3 is 10.1 Å². The van der Waals surface area contributed by atoms with Crippen molar-refractivity contribution in [3.05, 3.63) is 47.3 Å². The van der Waals surface area contributed by atoms with Crippen molar-refractivity contribution >= 4 is 11.8 Å². The molecule has 0 aromatic heterocycles. The molecule has 1 unspecified atom stereocenters. The van der Waals surface area contributed by atoms with Crippen molar-refractivity contribution in [1.82, 2.24) is 5.32 Å². The highest BCUT2D eigenvalue weighted by Crippen LogP contribution is 2.34. The third-order valence-electron chi connectivity index (χ3n) is 3.29. The fraction of sp³-hybridized carbons (Fsp3) is 0.579. The first kappa shape index (κ1) is 19.1. The quantitative estimate of drug-likeness (QED) is 0.367. The second-order valence-electron chi connectivity index (χ2n) is 6.99. The molecule has 0 aromatic carbocycles. The number of hydrogen-bond donors (Lipinski definition) is 1. The van der Waals surface area contributed by atoms with E-state index in [-0.39, 0.29) is 0 Å². The summed E-state index contributed by atoms with van der Waals surface area (Å²) in [7, 11) is 0. The van der Waals surface area contributed by atoms with Gasteiger partial charge in [0.1, 0.15) is 5.76 Å². The van der Waals surface area contributed by atoms with Crippen molar-refractivity contribution in [2.75, 3.05) is 13.1 Å². The van der Waals surface area contributed by atoms with Gasteiger partial charge in [-0.3, -0.25) is 0 Å². The molecule has 0 spiro atoms. The zero-order valence-electron chi connectivity index (χ0n) is 14.7. The van der Waals surface area contributed by atoms with E-state index in [1.807, 2.05) is 43.8 Å². The van der Waals surface area contributed by atoms with Crippen LogP contribution >= 0.6 is 11.8 Å². The van der Waals surface area contributed by atoms with E-state index in [0.717, 1.165) is 35.9 Å². The number of allylic oxidation sites excluding steroid dienone is 5. The summed E-state index contributed by atoms with van der Waals surface area (Å²) < 4.78 is 5.93. The second-order valence-corrected chi connectivity index (χ2v) is 8.29. The fourth-order valence-electron chi connectivity index (χ4n) is 1.94. The van der Waals surface area contributed by atoms with Crippen LogP contribution in [0.2, 0.25) is 0 Å². The van der Waals surface area contributed by atoms with Crippen LogP contribution in [0.25, 0.3) is 0 Å². The molecule has 22 heavy (non-hydrogen) atoms. The van der Waals surface area contributed by atoms with Crippen molar-refractivity contribution in [3.8, 4) is 0 Å². The highest BCUT2D eigenvalue weighted by Gasteiger charge is 2.19. The Kier molecular flexibility index (Phi) is 8.05. The van der Waals surface area contributed by atoms with E-state index >= 15 is 0 Å². The lowest BCUT2D eigenvalue weighted by molar-refractivity contribution is 0.354. The monoisotopic (exact) mass is 321 g/mol. The van der Waals surface area contributed by atoms with Gasteiger partial charge in [0.15, 0.2) is 5.09 Å². The van der Waals surface area contributed by atoms with Gasteiger partial charge in [-0.1, -0.05) is 50.8 Å². The van der Waals surface area contributed by atoms with Crippen LogP contribution in [0, 0.1) is 5.41 Å². The van der Waals surface area contributed by atoms with Crippen LogP contribution in [0.1, 0.15) is 47.5 Å². The minimum Gasteiger partial charge on any atom is -0.451 e. The average Bonchev–Trinajstić information content (AvgIpc) is 2.86. The molecule has 1 N–H and O–H groups in total. The minimum atomic E-state index is 0.402. The third kappa shape index (κ3) is 8.50. The number of rotatable bonds is 8. The van der Waals surface area contributed by atoms with E-state index in [1.165, 1.54) is 6.42 Å². The molecule has 1 rings (SSSR count). The summed E-state index contributed by atoms with van der Waals surface area (Å²) in [5.41, 5.74) is 1.43. The molecule has 0 bridgehead atoms. The van der Waals surface area contributed by atoms with E-state index in [9.17, 15) is 0 Å². The lowest BCUT2D eigenvalue weighted by Gasteiger charge is -2.19. The molecule has 1 aliphatic rings. The van der Waals surface area contributed by atoms with Gasteiger partial charge in [0.05, 0.1) is 0 Å². The number of thioether (sulfide) groups is 1. The SMILES string of the molecule is C=C(C)/C=C\C(=C/C)OC1=CCC(CNCCC(C)(C)C)S1. The normalized spacial score (nSPS) is 19.6. The largest absolute Gasteiger partial charge is 0.451 e. The Bertz CT molecular complexity index is 455. The van der Waals surface area contributed by atoms with Gasteiger partial charge in [0.2, 0.25) is 0 Å². The predicted molar refractivity (Wildman–Crippen MR) is 99.8 cm³/mol. The Morgan fingerprint density at radius 2 is 2.18 bits per heavy atom. The van der Waals surface area contributed by atoms with Crippen molar-refractivity contribution in [2.45, 2.75) is 52.7 Å². The summed E-state index contributed by atoms with van der Waals surface area (Å²) in [5.74, 6) is 0.878. The molecular weight excluding hydrogens is 290 g/mol. The molecule has 0 amide bonds. The van der Waals surface area contributed by atoms with E-state index in [4.69, 9.17) is 4.74 Å². The number of hydrogen-bond acceptors (Lipinski definition) is 3. The smallest absolute Gasteiger partial charge is 0.157 e. The highest BCUT2D eigenvalue weighted by atomic mass is 32.2. The molecule has 0 radical (unpaired) electrons. The average molecular weight is 322 g/mol. The van der Waals surface area contributed by atoms with Crippen LogP contribution in [0.3, 0.4) is 0 Å². The molecule has 1 atom stereocenters. The second kappa shape index (κ2) is 9.26. The molecule has 0 saturated heterocycles. The molecule has 3 heteroatoms. The standard InChI is InChI=1S/C19H31NOS/c1-7-16(9-8-15(2)3)21-18-11-10-17(22-18)14-20-13-12-19(4,5)6/h7-9,11,17,20H,2,10,12-14H2,1,3-6H3/b9-8-,16-7+. The first-order chi connectivity index (χ1) is 10.3. The summed E-state index contributed by atoms with van der Waals surface area (Å²) in [5, 5.41) is 5.16. The van der Waals surface area contributed by atoms with Crippen LogP contribution in [0.15, 0.2) is 47.3 Å². The highest BCUT2D eigenvalue weighted by molar-refractivity contribution is 8.03. The summed E-state index contributed by atoms with van der Waals surface area (Å²) >= 11 is 1.83. The molecule has 1 heterocycles. The van der Waals surface area contributed by atoms with Gasteiger partial charge in [-0.2, -0.15) is 0 Å². The molecule has 0 saturated carbocycles. The fourth-order valence-corrected chi connectivity index (χ4v) is 2.99.